The summed E-state index contributed by atoms with van der Waals surface area (Å²) >= 11 is 0. The Morgan fingerprint density at radius 2 is 1.81 bits per heavy atom. The van der Waals surface area contributed by atoms with Crippen LogP contribution in [0.4, 0.5) is 5.69 Å². The number of aromatic hydroxyl groups is 1. The zero-order valence-electron chi connectivity index (χ0n) is 22.9. The maximum atomic E-state index is 13.1. The van der Waals surface area contributed by atoms with Gasteiger partial charge in [0.2, 0.25) is 5.91 Å². The van der Waals surface area contributed by atoms with Crippen LogP contribution in [-0.4, -0.2) is 61.6 Å². The first-order chi connectivity index (χ1) is 20.2. The predicted molar refractivity (Wildman–Crippen MR) is 158 cm³/mol. The van der Waals surface area contributed by atoms with Crippen LogP contribution in [0.2, 0.25) is 0 Å². The fourth-order valence-electron chi connectivity index (χ4n) is 3.80. The number of aromatic nitrogens is 3. The number of phenolic OH excluding ortho intramolecular Hbond substituents is 1. The Hall–Kier alpha value is -5.12. The van der Waals surface area contributed by atoms with E-state index in [2.05, 4.69) is 36.9 Å². The third kappa shape index (κ3) is 7.97. The molecule has 12 heteroatoms. The van der Waals surface area contributed by atoms with E-state index in [0.29, 0.717) is 27.4 Å². The number of pyridine rings is 1. The number of nitrogens with one attached hydrogen (secondary N) is 2. The molecule has 0 aliphatic carbocycles. The van der Waals surface area contributed by atoms with Crippen molar-refractivity contribution in [1.82, 2.24) is 20.1 Å². The lowest BCUT2D eigenvalue weighted by Gasteiger charge is -2.10. The van der Waals surface area contributed by atoms with Gasteiger partial charge in [-0.1, -0.05) is 30.0 Å². The van der Waals surface area contributed by atoms with Crippen molar-refractivity contribution in [2.45, 2.75) is 11.8 Å². The summed E-state index contributed by atoms with van der Waals surface area (Å²) in [6.07, 6.45) is 2.86. The molecular weight excluding hydrogens is 556 g/mol. The van der Waals surface area contributed by atoms with Gasteiger partial charge in [-0.15, -0.1) is 0 Å². The Morgan fingerprint density at radius 3 is 2.55 bits per heavy atom. The second-order valence-corrected chi connectivity index (χ2v) is 10.6. The number of benzene rings is 2. The SMILES string of the molecule is Cc1cc(C(=O)Nc2cccc(C#Cc3cncc(C(=O)N=S(CC(=O)NCCO)c4ccccc4O)c3)c2)n(C)n1. The number of hydrogen-bond donors (Lipinski definition) is 4. The Balaban J connectivity index is 1.53. The van der Waals surface area contributed by atoms with E-state index < -0.39 is 22.5 Å². The van der Waals surface area contributed by atoms with Crippen molar-refractivity contribution < 1.29 is 24.6 Å². The first-order valence-electron chi connectivity index (χ1n) is 12.7. The number of carbonyl (C=O) groups excluding carboxylic acids is 3. The predicted octanol–water partition coefficient (Wildman–Crippen LogP) is 2.59. The first kappa shape index (κ1) is 29.9. The number of aliphatic hydroxyl groups is 1. The molecule has 1 atom stereocenters. The fourth-order valence-corrected chi connectivity index (χ4v) is 5.32. The minimum Gasteiger partial charge on any atom is -0.507 e. The Bertz CT molecular complexity index is 1740. The van der Waals surface area contributed by atoms with E-state index in [1.54, 1.807) is 61.6 Å². The van der Waals surface area contributed by atoms with Crippen molar-refractivity contribution in [2.75, 3.05) is 24.2 Å². The Labute approximate surface area is 244 Å². The zero-order chi connectivity index (χ0) is 30.1. The van der Waals surface area contributed by atoms with E-state index >= 15 is 0 Å². The van der Waals surface area contributed by atoms with Crippen molar-refractivity contribution in [1.29, 1.82) is 0 Å². The van der Waals surface area contributed by atoms with Crippen LogP contribution in [0.15, 0.2) is 82.3 Å². The lowest BCUT2D eigenvalue weighted by Crippen LogP contribution is -2.30. The molecule has 214 valence electrons. The van der Waals surface area contributed by atoms with E-state index in [1.807, 2.05) is 6.92 Å². The lowest BCUT2D eigenvalue weighted by atomic mass is 10.1. The number of carbonyl (C=O) groups is 3. The number of phenols is 1. The van der Waals surface area contributed by atoms with E-state index in [1.165, 1.54) is 23.1 Å². The van der Waals surface area contributed by atoms with Crippen molar-refractivity contribution in [3.8, 4) is 17.6 Å². The van der Waals surface area contributed by atoms with E-state index in [-0.39, 0.29) is 36.1 Å². The average molecular weight is 585 g/mol. The molecule has 1 unspecified atom stereocenters. The Kier molecular flexibility index (Phi) is 9.94. The number of nitrogens with zero attached hydrogens (tertiary/aromatic N) is 4. The maximum Gasteiger partial charge on any atom is 0.284 e. The molecule has 0 aliphatic heterocycles. The van der Waals surface area contributed by atoms with Crippen molar-refractivity contribution >= 4 is 34.1 Å². The largest absolute Gasteiger partial charge is 0.507 e. The van der Waals surface area contributed by atoms with Gasteiger partial charge in [0.15, 0.2) is 0 Å². The van der Waals surface area contributed by atoms with Gasteiger partial charge in [0.05, 0.1) is 28.5 Å². The van der Waals surface area contributed by atoms with Gasteiger partial charge in [0, 0.05) is 42.8 Å². The fraction of sp³-hybridized carbons (Fsp3) is 0.167. The average Bonchev–Trinajstić information content (AvgIpc) is 3.33. The van der Waals surface area contributed by atoms with Crippen LogP contribution in [-0.2, 0) is 22.5 Å². The summed E-state index contributed by atoms with van der Waals surface area (Å²) in [4.78, 5) is 42.5. The van der Waals surface area contributed by atoms with Crippen molar-refractivity contribution in [3.63, 3.8) is 0 Å². The van der Waals surface area contributed by atoms with Crippen molar-refractivity contribution in [2.24, 2.45) is 11.4 Å². The van der Waals surface area contributed by atoms with Crippen LogP contribution in [0.3, 0.4) is 0 Å². The van der Waals surface area contributed by atoms with Crippen LogP contribution < -0.4 is 10.6 Å². The number of aryl methyl sites for hydroxylation is 2. The molecule has 4 N–H and O–H groups in total. The normalized spacial score (nSPS) is 11.3. The van der Waals surface area contributed by atoms with Crippen LogP contribution in [0.5, 0.6) is 5.75 Å². The third-order valence-corrected chi connectivity index (χ3v) is 7.48. The molecule has 0 spiro atoms. The molecule has 0 radical (unpaired) electrons. The van der Waals surface area contributed by atoms with E-state index in [4.69, 9.17) is 5.11 Å². The van der Waals surface area contributed by atoms with Gasteiger partial charge in [0.25, 0.3) is 11.8 Å². The highest BCUT2D eigenvalue weighted by Gasteiger charge is 2.16. The smallest absolute Gasteiger partial charge is 0.284 e. The zero-order valence-corrected chi connectivity index (χ0v) is 23.7. The second kappa shape index (κ2) is 14.0. The van der Waals surface area contributed by atoms with E-state index in [0.717, 1.165) is 5.69 Å². The number of hydrogen-bond acceptors (Lipinski definition) is 7. The summed E-state index contributed by atoms with van der Waals surface area (Å²) in [5.41, 5.74) is 2.98. The van der Waals surface area contributed by atoms with Gasteiger partial charge in [-0.3, -0.25) is 24.0 Å². The first-order valence-corrected chi connectivity index (χ1v) is 14.1. The van der Waals surface area contributed by atoms with Gasteiger partial charge in [-0.2, -0.15) is 9.46 Å². The topological polar surface area (TPSA) is 159 Å². The van der Waals surface area contributed by atoms with Gasteiger partial charge >= 0.3 is 0 Å². The number of rotatable bonds is 8. The van der Waals surface area contributed by atoms with Crippen LogP contribution in [0.25, 0.3) is 0 Å². The molecule has 2 aromatic heterocycles. The summed E-state index contributed by atoms with van der Waals surface area (Å²) in [7, 11) is 0.403. The highest BCUT2D eigenvalue weighted by Crippen LogP contribution is 2.22. The summed E-state index contributed by atoms with van der Waals surface area (Å²) < 4.78 is 5.74. The molecule has 0 saturated carbocycles. The molecule has 4 rings (SSSR count). The van der Waals surface area contributed by atoms with E-state index in [9.17, 15) is 19.5 Å². The Morgan fingerprint density at radius 1 is 1.02 bits per heavy atom. The summed E-state index contributed by atoms with van der Waals surface area (Å²) in [5.74, 6) is 4.38. The number of para-hydroxylation sites is 1. The second-order valence-electron chi connectivity index (χ2n) is 8.99. The minimum absolute atomic E-state index is 0.0642. The molecule has 2 aromatic carbocycles. The number of amides is 3. The number of anilines is 1. The highest BCUT2D eigenvalue weighted by molar-refractivity contribution is 7.88. The number of aliphatic hydroxyl groups excluding tert-OH is 1. The molecular formula is C30H28N6O5S. The maximum absolute atomic E-state index is 13.1. The van der Waals surface area contributed by atoms with Crippen LogP contribution in [0, 0.1) is 18.8 Å². The summed E-state index contributed by atoms with van der Waals surface area (Å²) in [6.45, 7) is 1.65. The van der Waals surface area contributed by atoms with Crippen LogP contribution >= 0.6 is 0 Å². The molecule has 0 fully saturated rings. The summed E-state index contributed by atoms with van der Waals surface area (Å²) in [5, 5.41) is 28.9. The monoisotopic (exact) mass is 584 g/mol. The summed E-state index contributed by atoms with van der Waals surface area (Å²) in [6, 6.07) is 16.6. The molecule has 0 bridgehead atoms. The quantitative estimate of drug-likeness (QED) is 0.232. The van der Waals surface area contributed by atoms with Gasteiger partial charge in [-0.05, 0) is 60.1 Å². The molecule has 2 heterocycles. The molecule has 0 saturated heterocycles. The van der Waals surface area contributed by atoms with Gasteiger partial charge in [0.1, 0.15) is 11.4 Å². The third-order valence-electron chi connectivity index (χ3n) is 5.71. The molecule has 42 heavy (non-hydrogen) atoms. The molecule has 3 amide bonds. The van der Waals surface area contributed by atoms with Crippen LogP contribution in [0.1, 0.15) is 37.7 Å². The minimum atomic E-state index is -1.30. The highest BCUT2D eigenvalue weighted by atomic mass is 32.2. The molecule has 4 aromatic rings. The molecule has 11 nitrogen and oxygen atoms in total. The van der Waals surface area contributed by atoms with Crippen molar-refractivity contribution in [3.05, 3.63) is 101 Å². The van der Waals surface area contributed by atoms with Gasteiger partial charge in [-0.25, -0.2) is 0 Å². The molecule has 0 aliphatic rings. The lowest BCUT2D eigenvalue weighted by molar-refractivity contribution is -0.118. The van der Waals surface area contributed by atoms with Gasteiger partial charge < -0.3 is 20.8 Å². The standard InChI is InChI=1S/C30H28N6O5S/c1-20-14-25(36(2)34-20)30(41)33-24-7-5-6-21(16-24)10-11-22-15-23(18-31-17-22)29(40)35-42(19-28(39)32-12-13-37)27-9-4-3-8-26(27)38/h3-9,14-18,37-38H,12-13,19H2,1-2H3,(H,32,39)(H,33,41).